The fourth-order valence-corrected chi connectivity index (χ4v) is 2.63. The average Bonchev–Trinajstić information content (AvgIpc) is 3.17. The lowest BCUT2D eigenvalue weighted by molar-refractivity contribution is -0.117. The Hall–Kier alpha value is -3.75. The van der Waals surface area contributed by atoms with E-state index in [0.29, 0.717) is 40.7 Å². The number of carbonyl (C=O) groups excluding carboxylic acids is 2. The van der Waals surface area contributed by atoms with Gasteiger partial charge in [-0.05, 0) is 61.5 Å². The Bertz CT molecular complexity index is 1010. The average molecular weight is 395 g/mol. The molecule has 1 amide bonds. The number of amides is 1. The van der Waals surface area contributed by atoms with Crippen molar-refractivity contribution in [1.82, 2.24) is 20.2 Å². The molecule has 1 aromatic heterocycles. The highest BCUT2D eigenvalue weighted by atomic mass is 16.5. The summed E-state index contributed by atoms with van der Waals surface area (Å²) < 4.78 is 10.8. The minimum Gasteiger partial charge on any atom is -0.493 e. The van der Waals surface area contributed by atoms with Gasteiger partial charge in [-0.15, -0.1) is 10.2 Å². The van der Waals surface area contributed by atoms with E-state index in [4.69, 9.17) is 9.47 Å². The molecule has 9 heteroatoms. The minimum absolute atomic E-state index is 0.0340. The van der Waals surface area contributed by atoms with Crippen LogP contribution >= 0.6 is 0 Å². The summed E-state index contributed by atoms with van der Waals surface area (Å²) >= 11 is 0. The molecule has 0 bridgehead atoms. The zero-order valence-corrected chi connectivity index (χ0v) is 16.4. The maximum Gasteiger partial charge on any atom is 0.248 e. The van der Waals surface area contributed by atoms with Gasteiger partial charge in [0.15, 0.2) is 17.3 Å². The van der Waals surface area contributed by atoms with Gasteiger partial charge in [0.05, 0.1) is 13.7 Å². The summed E-state index contributed by atoms with van der Waals surface area (Å²) in [6.45, 7) is 3.76. The van der Waals surface area contributed by atoms with E-state index in [1.807, 2.05) is 6.92 Å². The molecule has 1 heterocycles. The van der Waals surface area contributed by atoms with E-state index >= 15 is 0 Å². The highest BCUT2D eigenvalue weighted by molar-refractivity contribution is 5.95. The van der Waals surface area contributed by atoms with Crippen molar-refractivity contribution in [3.8, 4) is 22.9 Å². The van der Waals surface area contributed by atoms with E-state index in [2.05, 4.69) is 20.7 Å². The van der Waals surface area contributed by atoms with Gasteiger partial charge in [-0.2, -0.15) is 4.80 Å². The van der Waals surface area contributed by atoms with Crippen molar-refractivity contribution in [2.75, 3.05) is 19.0 Å². The third-order valence-corrected chi connectivity index (χ3v) is 4.03. The number of ketones is 1. The van der Waals surface area contributed by atoms with Crippen molar-refractivity contribution >= 4 is 17.4 Å². The second-order valence-corrected chi connectivity index (χ2v) is 6.12. The highest BCUT2D eigenvalue weighted by Gasteiger charge is 2.13. The van der Waals surface area contributed by atoms with Crippen molar-refractivity contribution in [1.29, 1.82) is 0 Å². The van der Waals surface area contributed by atoms with E-state index in [9.17, 15) is 9.59 Å². The van der Waals surface area contributed by atoms with Gasteiger partial charge in [0, 0.05) is 16.8 Å². The van der Waals surface area contributed by atoms with Crippen LogP contribution in [0, 0.1) is 0 Å². The molecule has 0 aliphatic rings. The molecule has 150 valence electrons. The molecule has 0 unspecified atom stereocenters. The summed E-state index contributed by atoms with van der Waals surface area (Å²) in [4.78, 5) is 24.7. The molecule has 3 aromatic rings. The van der Waals surface area contributed by atoms with Crippen LogP contribution in [0.5, 0.6) is 11.5 Å². The van der Waals surface area contributed by atoms with Gasteiger partial charge in [-0.25, -0.2) is 0 Å². The van der Waals surface area contributed by atoms with E-state index in [1.54, 1.807) is 49.6 Å². The van der Waals surface area contributed by atoms with Crippen LogP contribution in [0.1, 0.15) is 24.2 Å². The van der Waals surface area contributed by atoms with E-state index in [1.165, 1.54) is 11.7 Å². The largest absolute Gasteiger partial charge is 0.493 e. The van der Waals surface area contributed by atoms with Crippen LogP contribution in [-0.2, 0) is 11.3 Å². The molecule has 0 aliphatic heterocycles. The number of Topliss-reactive ketones (excluding diaryl/α,β-unsaturated/α-hetero) is 1. The first-order valence-corrected chi connectivity index (χ1v) is 9.00. The number of ether oxygens (including phenoxy) is 2. The van der Waals surface area contributed by atoms with Gasteiger partial charge < -0.3 is 14.8 Å². The molecule has 0 saturated heterocycles. The van der Waals surface area contributed by atoms with Crippen LogP contribution in [0.25, 0.3) is 11.4 Å². The summed E-state index contributed by atoms with van der Waals surface area (Å²) in [6.07, 6.45) is 0. The Morgan fingerprint density at radius 2 is 1.86 bits per heavy atom. The molecule has 1 N–H and O–H groups in total. The number of methoxy groups -OCH3 is 1. The first-order chi connectivity index (χ1) is 14.0. The monoisotopic (exact) mass is 395 g/mol. The fraction of sp³-hybridized carbons (Fsp3) is 0.250. The van der Waals surface area contributed by atoms with Crippen LogP contribution in [0.2, 0.25) is 0 Å². The van der Waals surface area contributed by atoms with Gasteiger partial charge >= 0.3 is 0 Å². The molecular formula is C20H21N5O4. The molecule has 0 spiro atoms. The Labute approximate surface area is 167 Å². The first kappa shape index (κ1) is 20.0. The smallest absolute Gasteiger partial charge is 0.248 e. The second kappa shape index (κ2) is 8.96. The zero-order chi connectivity index (χ0) is 20.8. The number of anilines is 1. The van der Waals surface area contributed by atoms with Crippen LogP contribution in [0.4, 0.5) is 5.69 Å². The number of benzene rings is 2. The van der Waals surface area contributed by atoms with E-state index in [-0.39, 0.29) is 18.2 Å². The van der Waals surface area contributed by atoms with Crippen molar-refractivity contribution < 1.29 is 19.1 Å². The van der Waals surface area contributed by atoms with Crippen LogP contribution < -0.4 is 14.8 Å². The van der Waals surface area contributed by atoms with Gasteiger partial charge in [0.1, 0.15) is 6.54 Å². The quantitative estimate of drug-likeness (QED) is 0.584. The van der Waals surface area contributed by atoms with Crippen LogP contribution in [-0.4, -0.2) is 45.6 Å². The minimum atomic E-state index is -0.311. The SMILES string of the molecule is CCOc1cc(-c2nnn(CC(=O)Nc3ccc(C(C)=O)cc3)n2)ccc1OC. The molecule has 0 saturated carbocycles. The molecule has 3 rings (SSSR count). The molecule has 0 fully saturated rings. The standard InChI is InChI=1S/C20H21N5O4/c1-4-29-18-11-15(7-10-17(18)28-3)20-22-24-25(23-20)12-19(27)21-16-8-5-14(6-9-16)13(2)26/h5-11H,4,12H2,1-3H3,(H,21,27). The summed E-state index contributed by atoms with van der Waals surface area (Å²) in [5.41, 5.74) is 1.86. The molecule has 0 radical (unpaired) electrons. The van der Waals surface area contributed by atoms with Crippen molar-refractivity contribution in [3.05, 3.63) is 48.0 Å². The maximum atomic E-state index is 12.2. The summed E-state index contributed by atoms with van der Waals surface area (Å²) in [7, 11) is 1.57. The fourth-order valence-electron chi connectivity index (χ4n) is 2.63. The number of carbonyl (C=O) groups is 2. The number of aromatic nitrogens is 4. The van der Waals surface area contributed by atoms with Crippen molar-refractivity contribution in [2.45, 2.75) is 20.4 Å². The summed E-state index contributed by atoms with van der Waals surface area (Å²) in [5, 5.41) is 14.9. The molecule has 2 aromatic carbocycles. The van der Waals surface area contributed by atoms with Gasteiger partial charge in [-0.1, -0.05) is 0 Å². The lowest BCUT2D eigenvalue weighted by atomic mass is 10.1. The maximum absolute atomic E-state index is 12.2. The Kier molecular flexibility index (Phi) is 6.18. The molecule has 0 aliphatic carbocycles. The van der Waals surface area contributed by atoms with Gasteiger partial charge in [0.2, 0.25) is 11.7 Å². The normalized spacial score (nSPS) is 10.4. The Morgan fingerprint density at radius 1 is 1.10 bits per heavy atom. The number of tetrazole rings is 1. The van der Waals surface area contributed by atoms with Gasteiger partial charge in [-0.3, -0.25) is 9.59 Å². The lowest BCUT2D eigenvalue weighted by Crippen LogP contribution is -2.20. The van der Waals surface area contributed by atoms with E-state index < -0.39 is 0 Å². The second-order valence-electron chi connectivity index (χ2n) is 6.12. The van der Waals surface area contributed by atoms with Crippen molar-refractivity contribution in [3.63, 3.8) is 0 Å². The molecule has 0 atom stereocenters. The highest BCUT2D eigenvalue weighted by Crippen LogP contribution is 2.31. The van der Waals surface area contributed by atoms with Crippen LogP contribution in [0.3, 0.4) is 0 Å². The predicted molar refractivity (Wildman–Crippen MR) is 106 cm³/mol. The number of rotatable bonds is 8. The molecule has 9 nitrogen and oxygen atoms in total. The summed E-state index contributed by atoms with van der Waals surface area (Å²) in [6, 6.07) is 12.0. The topological polar surface area (TPSA) is 108 Å². The van der Waals surface area contributed by atoms with Crippen molar-refractivity contribution in [2.24, 2.45) is 0 Å². The number of hydrogen-bond acceptors (Lipinski definition) is 7. The number of hydrogen-bond donors (Lipinski definition) is 1. The third kappa shape index (κ3) is 4.95. The van der Waals surface area contributed by atoms with E-state index in [0.717, 1.165) is 0 Å². The molecule has 29 heavy (non-hydrogen) atoms. The zero-order valence-electron chi connectivity index (χ0n) is 16.4. The first-order valence-electron chi connectivity index (χ1n) is 9.00. The third-order valence-electron chi connectivity index (χ3n) is 4.03. The predicted octanol–water partition coefficient (Wildman–Crippen LogP) is 2.59. The lowest BCUT2D eigenvalue weighted by Gasteiger charge is -2.09. The summed E-state index contributed by atoms with van der Waals surface area (Å²) in [5.74, 6) is 1.21. The Balaban J connectivity index is 1.67. The van der Waals surface area contributed by atoms with Gasteiger partial charge in [0.25, 0.3) is 0 Å². The number of nitrogens with zero attached hydrogens (tertiary/aromatic N) is 4. The molecular weight excluding hydrogens is 374 g/mol. The van der Waals surface area contributed by atoms with Crippen LogP contribution in [0.15, 0.2) is 42.5 Å². The number of nitrogens with one attached hydrogen (secondary N) is 1. The Morgan fingerprint density at radius 3 is 2.52 bits per heavy atom.